The molecule has 1 fully saturated rings. The molecule has 1 nitrogen and oxygen atoms in total. The average Bonchev–Trinajstić information content (AvgIpc) is 2.31. The minimum absolute atomic E-state index is 0.325. The van der Waals surface area contributed by atoms with Crippen molar-refractivity contribution in [2.75, 3.05) is 0 Å². The van der Waals surface area contributed by atoms with E-state index in [1.807, 2.05) is 6.42 Å². The quantitative estimate of drug-likeness (QED) is 0.554. The number of rotatable bonds is 2. The van der Waals surface area contributed by atoms with Gasteiger partial charge in [0.1, 0.15) is 0 Å². The van der Waals surface area contributed by atoms with Crippen LogP contribution in [0.25, 0.3) is 0 Å². The van der Waals surface area contributed by atoms with E-state index in [1.165, 1.54) is 0 Å². The van der Waals surface area contributed by atoms with Crippen LogP contribution in [0.4, 0.5) is 0 Å². The number of Topliss-reactive ketones (excluding diaryl/α,β-unsaturated/α-hetero) is 1. The summed E-state index contributed by atoms with van der Waals surface area (Å²) in [5.41, 5.74) is 0.957. The van der Waals surface area contributed by atoms with E-state index in [2.05, 4.69) is 19.9 Å². The molecule has 0 heterocycles. The molecule has 1 saturated carbocycles. The topological polar surface area (TPSA) is 17.1 Å². The van der Waals surface area contributed by atoms with Gasteiger partial charge in [-0.1, -0.05) is 19.9 Å². The summed E-state index contributed by atoms with van der Waals surface area (Å²) < 4.78 is 0. The monoisotopic (exact) mass is 151 g/mol. The second kappa shape index (κ2) is 3.70. The first-order chi connectivity index (χ1) is 5.20. The molecule has 0 aliphatic heterocycles. The van der Waals surface area contributed by atoms with Gasteiger partial charge in [-0.2, -0.15) is 0 Å². The van der Waals surface area contributed by atoms with Crippen LogP contribution in [0.3, 0.4) is 0 Å². The summed E-state index contributed by atoms with van der Waals surface area (Å²) in [7, 11) is 0. The van der Waals surface area contributed by atoms with Crippen molar-refractivity contribution in [2.45, 2.75) is 33.1 Å². The van der Waals surface area contributed by atoms with E-state index in [-0.39, 0.29) is 0 Å². The first kappa shape index (κ1) is 8.51. The fraction of sp³-hybridized carbons (Fsp3) is 0.600. The van der Waals surface area contributed by atoms with Crippen molar-refractivity contribution < 1.29 is 4.79 Å². The van der Waals surface area contributed by atoms with Crippen LogP contribution in [0.5, 0.6) is 0 Å². The summed E-state index contributed by atoms with van der Waals surface area (Å²) in [6.45, 7) is 4.33. The van der Waals surface area contributed by atoms with E-state index in [1.54, 1.807) is 0 Å². The molecule has 0 bridgehead atoms. The Morgan fingerprint density at radius 3 is 2.82 bits per heavy atom. The Balaban J connectivity index is 2.45. The van der Waals surface area contributed by atoms with Gasteiger partial charge in [0.2, 0.25) is 0 Å². The summed E-state index contributed by atoms with van der Waals surface area (Å²) in [5, 5.41) is 0. The van der Waals surface area contributed by atoms with Crippen molar-refractivity contribution in [3.63, 3.8) is 0 Å². The van der Waals surface area contributed by atoms with Crippen LogP contribution in [0.15, 0.2) is 11.6 Å². The lowest BCUT2D eigenvalue weighted by Crippen LogP contribution is -1.93. The number of carbonyl (C=O) groups is 1. The van der Waals surface area contributed by atoms with Crippen LogP contribution >= 0.6 is 0 Å². The van der Waals surface area contributed by atoms with E-state index in [9.17, 15) is 4.79 Å². The molecule has 1 aliphatic rings. The lowest BCUT2D eigenvalue weighted by molar-refractivity contribution is -0.114. The van der Waals surface area contributed by atoms with E-state index < -0.39 is 0 Å². The van der Waals surface area contributed by atoms with Gasteiger partial charge < -0.3 is 0 Å². The van der Waals surface area contributed by atoms with Crippen molar-refractivity contribution in [3.8, 4) is 0 Å². The molecule has 1 radical (unpaired) electrons. The van der Waals surface area contributed by atoms with E-state index in [0.29, 0.717) is 11.7 Å². The Labute approximate surface area is 68.5 Å². The summed E-state index contributed by atoms with van der Waals surface area (Å²) in [6, 6.07) is 0. The van der Waals surface area contributed by atoms with Crippen LogP contribution in [-0.4, -0.2) is 5.78 Å². The minimum Gasteiger partial charge on any atom is -0.295 e. The van der Waals surface area contributed by atoms with E-state index >= 15 is 0 Å². The Hall–Kier alpha value is -0.590. The van der Waals surface area contributed by atoms with Crippen molar-refractivity contribution in [3.05, 3.63) is 18.1 Å². The number of ketones is 1. The number of allylic oxidation sites excluding steroid dienone is 2. The van der Waals surface area contributed by atoms with Crippen molar-refractivity contribution in [1.82, 2.24) is 0 Å². The van der Waals surface area contributed by atoms with Crippen LogP contribution in [0, 0.1) is 12.3 Å². The van der Waals surface area contributed by atoms with Crippen molar-refractivity contribution in [1.29, 1.82) is 0 Å². The third-order valence-corrected chi connectivity index (χ3v) is 1.87. The molecular formula is C10H15O. The van der Waals surface area contributed by atoms with Crippen LogP contribution in [0.2, 0.25) is 0 Å². The van der Waals surface area contributed by atoms with E-state index in [4.69, 9.17) is 0 Å². The van der Waals surface area contributed by atoms with Gasteiger partial charge >= 0.3 is 0 Å². The maximum atomic E-state index is 11.1. The second-order valence-corrected chi connectivity index (χ2v) is 3.45. The Morgan fingerprint density at radius 2 is 2.36 bits per heavy atom. The highest BCUT2D eigenvalue weighted by molar-refractivity contribution is 5.99. The molecule has 0 aromatic carbocycles. The highest BCUT2D eigenvalue weighted by atomic mass is 16.1. The van der Waals surface area contributed by atoms with Crippen molar-refractivity contribution >= 4 is 5.78 Å². The zero-order valence-electron chi connectivity index (χ0n) is 7.26. The van der Waals surface area contributed by atoms with Crippen molar-refractivity contribution in [2.24, 2.45) is 5.92 Å². The molecule has 11 heavy (non-hydrogen) atoms. The Morgan fingerprint density at radius 1 is 1.64 bits per heavy atom. The highest BCUT2D eigenvalue weighted by Gasteiger charge is 2.16. The fourth-order valence-corrected chi connectivity index (χ4v) is 1.18. The Bertz CT molecular complexity index is 177. The zero-order chi connectivity index (χ0) is 8.27. The molecule has 1 heteroatoms. The fourth-order valence-electron chi connectivity index (χ4n) is 1.18. The first-order valence-corrected chi connectivity index (χ1v) is 4.26. The molecule has 1 rings (SSSR count). The minimum atomic E-state index is 0.325. The van der Waals surface area contributed by atoms with E-state index in [0.717, 1.165) is 24.8 Å². The second-order valence-electron chi connectivity index (χ2n) is 3.45. The largest absolute Gasteiger partial charge is 0.295 e. The van der Waals surface area contributed by atoms with Crippen LogP contribution < -0.4 is 0 Å². The summed E-state index contributed by atoms with van der Waals surface area (Å²) >= 11 is 0. The van der Waals surface area contributed by atoms with Gasteiger partial charge in [-0.3, -0.25) is 4.79 Å². The molecule has 61 valence electrons. The third-order valence-electron chi connectivity index (χ3n) is 1.87. The van der Waals surface area contributed by atoms with Crippen LogP contribution in [-0.2, 0) is 4.79 Å². The molecule has 0 spiro atoms. The van der Waals surface area contributed by atoms with Gasteiger partial charge in [0.25, 0.3) is 0 Å². The highest BCUT2D eigenvalue weighted by Crippen LogP contribution is 2.20. The summed E-state index contributed by atoms with van der Waals surface area (Å²) in [6.07, 6.45) is 6.81. The predicted octanol–water partition coefficient (Wildman–Crippen LogP) is 2.53. The molecule has 0 N–H and O–H groups in total. The number of carbonyl (C=O) groups excluding carboxylic acids is 1. The smallest absolute Gasteiger partial charge is 0.158 e. The standard InChI is InChI=1S/C10H15O/c1-8(2)6-7-9-4-3-5-10(9)11/h4,7-8H,3,5-6H2,1-2H3/b9-7-. The van der Waals surface area contributed by atoms with Gasteiger partial charge in [0.05, 0.1) is 0 Å². The predicted molar refractivity (Wildman–Crippen MR) is 46.1 cm³/mol. The van der Waals surface area contributed by atoms with Gasteiger partial charge in [0.15, 0.2) is 5.78 Å². The Kier molecular flexibility index (Phi) is 2.86. The molecule has 0 saturated heterocycles. The van der Waals surface area contributed by atoms with Gasteiger partial charge in [-0.25, -0.2) is 0 Å². The number of hydrogen-bond donors (Lipinski definition) is 0. The lowest BCUT2D eigenvalue weighted by Gasteiger charge is -1.98. The first-order valence-electron chi connectivity index (χ1n) is 4.26. The summed E-state index contributed by atoms with van der Waals surface area (Å²) in [5.74, 6) is 0.981. The summed E-state index contributed by atoms with van der Waals surface area (Å²) in [4.78, 5) is 11.1. The maximum absolute atomic E-state index is 11.1. The van der Waals surface area contributed by atoms with Gasteiger partial charge in [-0.05, 0) is 30.8 Å². The normalized spacial score (nSPS) is 22.1. The van der Waals surface area contributed by atoms with Crippen LogP contribution in [0.1, 0.15) is 33.1 Å². The molecular weight excluding hydrogens is 136 g/mol. The molecule has 0 unspecified atom stereocenters. The maximum Gasteiger partial charge on any atom is 0.158 e. The molecule has 1 aliphatic carbocycles. The molecule has 0 aromatic rings. The SMILES string of the molecule is CC(C)C/C=C1/[CH]CCC1=O. The number of hydrogen-bond acceptors (Lipinski definition) is 1. The average molecular weight is 151 g/mol. The van der Waals surface area contributed by atoms with Gasteiger partial charge in [-0.15, -0.1) is 0 Å². The zero-order valence-corrected chi connectivity index (χ0v) is 7.26. The molecule has 0 amide bonds. The third kappa shape index (κ3) is 2.49. The lowest BCUT2D eigenvalue weighted by atomic mass is 10.1. The molecule has 0 aromatic heterocycles. The molecule has 0 atom stereocenters. The van der Waals surface area contributed by atoms with Gasteiger partial charge in [0, 0.05) is 6.42 Å².